The molecule has 0 aromatic heterocycles. The van der Waals surface area contributed by atoms with E-state index in [1.54, 1.807) is 27.7 Å². The molecule has 10 heteroatoms. The Morgan fingerprint density at radius 3 is 2.31 bits per heavy atom. The van der Waals surface area contributed by atoms with Crippen LogP contribution in [-0.2, 0) is 19.6 Å². The third kappa shape index (κ3) is 7.19. The number of ether oxygens (including phenoxy) is 1. The Labute approximate surface area is 152 Å². The molecule has 9 nitrogen and oxygen atoms in total. The summed E-state index contributed by atoms with van der Waals surface area (Å²) in [6.07, 6.45) is 0. The van der Waals surface area contributed by atoms with E-state index in [1.807, 2.05) is 5.32 Å². The summed E-state index contributed by atoms with van der Waals surface area (Å²) in [4.78, 5) is 34.8. The number of rotatable bonds is 7. The molecule has 0 atom stereocenters. The second-order valence-corrected chi connectivity index (χ2v) is 7.77. The first-order valence-corrected chi connectivity index (χ1v) is 9.39. The molecule has 3 N–H and O–H groups in total. The van der Waals surface area contributed by atoms with Gasteiger partial charge in [-0.15, -0.1) is 0 Å². The zero-order chi connectivity index (χ0) is 19.9. The highest BCUT2D eigenvalue weighted by Crippen LogP contribution is 2.13. The maximum Gasteiger partial charge on any atom is 0.338 e. The summed E-state index contributed by atoms with van der Waals surface area (Å²) in [7, 11) is -3.76. The molecule has 0 saturated carbocycles. The fourth-order valence-electron chi connectivity index (χ4n) is 1.84. The molecule has 0 aliphatic heterocycles. The van der Waals surface area contributed by atoms with Gasteiger partial charge in [0.25, 0.3) is 5.91 Å². The van der Waals surface area contributed by atoms with Crippen molar-refractivity contribution >= 4 is 27.9 Å². The van der Waals surface area contributed by atoms with Crippen LogP contribution < -0.4 is 15.4 Å². The Morgan fingerprint density at radius 1 is 1.08 bits per heavy atom. The molecule has 0 spiro atoms. The van der Waals surface area contributed by atoms with Crippen LogP contribution in [0.2, 0.25) is 0 Å². The number of nitrogens with one attached hydrogen (secondary N) is 3. The number of urea groups is 1. The zero-order valence-electron chi connectivity index (χ0n) is 15.0. The minimum Gasteiger partial charge on any atom is -0.452 e. The predicted molar refractivity (Wildman–Crippen MR) is 94.0 cm³/mol. The molecule has 0 radical (unpaired) electrons. The summed E-state index contributed by atoms with van der Waals surface area (Å²) >= 11 is 0. The molecule has 144 valence electrons. The normalized spacial score (nSPS) is 11.3. The van der Waals surface area contributed by atoms with Gasteiger partial charge in [-0.1, -0.05) is 6.07 Å². The monoisotopic (exact) mass is 385 g/mol. The van der Waals surface area contributed by atoms with Gasteiger partial charge in [0.15, 0.2) is 6.61 Å². The Bertz CT molecular complexity index is 774. The van der Waals surface area contributed by atoms with Gasteiger partial charge in [-0.2, -0.15) is 0 Å². The van der Waals surface area contributed by atoms with Crippen LogP contribution in [0.25, 0.3) is 0 Å². The number of imide groups is 1. The third-order valence-corrected chi connectivity index (χ3v) is 4.43. The number of hydrogen-bond acceptors (Lipinski definition) is 6. The van der Waals surface area contributed by atoms with Gasteiger partial charge >= 0.3 is 12.0 Å². The van der Waals surface area contributed by atoms with Crippen molar-refractivity contribution in [1.29, 1.82) is 0 Å². The molecule has 1 aromatic carbocycles. The maximum atomic E-state index is 12.1. The highest BCUT2D eigenvalue weighted by molar-refractivity contribution is 7.89. The molecule has 0 fully saturated rings. The molecular formula is C16H23N3O6S. The highest BCUT2D eigenvalue weighted by atomic mass is 32.2. The topological polar surface area (TPSA) is 131 Å². The second-order valence-electron chi connectivity index (χ2n) is 6.06. The van der Waals surface area contributed by atoms with E-state index in [1.165, 1.54) is 18.2 Å². The summed E-state index contributed by atoms with van der Waals surface area (Å²) in [5.41, 5.74) is -0.0314. The Balaban J connectivity index is 2.70. The van der Waals surface area contributed by atoms with Gasteiger partial charge < -0.3 is 10.1 Å². The summed E-state index contributed by atoms with van der Waals surface area (Å²) in [5, 5.41) is 4.45. The van der Waals surface area contributed by atoms with Crippen LogP contribution in [0, 0.1) is 0 Å². The van der Waals surface area contributed by atoms with Crippen LogP contribution in [0.3, 0.4) is 0 Å². The van der Waals surface area contributed by atoms with E-state index < -0.39 is 34.5 Å². The SMILES string of the molecule is CC(C)NC(=O)NC(=O)COC(=O)c1cccc(S(=O)(=O)NC(C)C)c1. The number of esters is 1. The quantitative estimate of drug-likeness (QED) is 0.594. The first-order valence-electron chi connectivity index (χ1n) is 7.91. The van der Waals surface area contributed by atoms with Crippen molar-refractivity contribution in [3.8, 4) is 0 Å². The van der Waals surface area contributed by atoms with E-state index in [2.05, 4.69) is 10.0 Å². The Hall–Kier alpha value is -2.46. The first kappa shape index (κ1) is 21.6. The van der Waals surface area contributed by atoms with Crippen molar-refractivity contribution in [2.24, 2.45) is 0 Å². The minimum atomic E-state index is -3.76. The lowest BCUT2D eigenvalue weighted by Crippen LogP contribution is -2.44. The lowest BCUT2D eigenvalue weighted by atomic mass is 10.2. The van der Waals surface area contributed by atoms with Gasteiger partial charge in [-0.3, -0.25) is 10.1 Å². The molecule has 1 rings (SSSR count). The van der Waals surface area contributed by atoms with E-state index >= 15 is 0 Å². The van der Waals surface area contributed by atoms with Crippen molar-refractivity contribution in [2.45, 2.75) is 44.7 Å². The van der Waals surface area contributed by atoms with Gasteiger partial charge in [-0.25, -0.2) is 22.7 Å². The fourth-order valence-corrected chi connectivity index (χ4v) is 3.14. The molecule has 0 aliphatic carbocycles. The van der Waals surface area contributed by atoms with E-state index in [4.69, 9.17) is 4.74 Å². The van der Waals surface area contributed by atoms with Crippen molar-refractivity contribution in [1.82, 2.24) is 15.4 Å². The van der Waals surface area contributed by atoms with Crippen molar-refractivity contribution < 1.29 is 27.5 Å². The number of hydrogen-bond donors (Lipinski definition) is 3. The predicted octanol–water partition coefficient (Wildman–Crippen LogP) is 0.764. The van der Waals surface area contributed by atoms with Gasteiger partial charge in [0.2, 0.25) is 10.0 Å². The maximum absolute atomic E-state index is 12.1. The lowest BCUT2D eigenvalue weighted by Gasteiger charge is -2.11. The second kappa shape index (κ2) is 9.30. The molecule has 0 saturated heterocycles. The highest BCUT2D eigenvalue weighted by Gasteiger charge is 2.18. The summed E-state index contributed by atoms with van der Waals surface area (Å²) in [5.74, 6) is -1.69. The van der Waals surface area contributed by atoms with Gasteiger partial charge in [0.05, 0.1) is 10.5 Å². The Kier molecular flexibility index (Phi) is 7.72. The summed E-state index contributed by atoms with van der Waals surface area (Å²) in [6.45, 7) is 6.11. The number of sulfonamides is 1. The zero-order valence-corrected chi connectivity index (χ0v) is 15.8. The van der Waals surface area contributed by atoms with E-state index in [0.717, 1.165) is 6.07 Å². The number of carbonyl (C=O) groups excluding carboxylic acids is 3. The number of amides is 3. The van der Waals surface area contributed by atoms with Crippen molar-refractivity contribution in [2.75, 3.05) is 6.61 Å². The molecule has 0 bridgehead atoms. The first-order chi connectivity index (χ1) is 12.0. The summed E-state index contributed by atoms with van der Waals surface area (Å²) < 4.78 is 31.4. The average molecular weight is 385 g/mol. The molecule has 26 heavy (non-hydrogen) atoms. The molecule has 1 aromatic rings. The van der Waals surface area contributed by atoms with Gasteiger partial charge in [0.1, 0.15) is 0 Å². The largest absolute Gasteiger partial charge is 0.452 e. The molecule has 0 heterocycles. The van der Waals surface area contributed by atoms with Crippen LogP contribution in [0.1, 0.15) is 38.1 Å². The van der Waals surface area contributed by atoms with Gasteiger partial charge in [0, 0.05) is 12.1 Å². The summed E-state index contributed by atoms with van der Waals surface area (Å²) in [6, 6.07) is 4.07. The standard InChI is InChI=1S/C16H23N3O6S/c1-10(2)17-16(22)18-14(20)9-25-15(21)12-6-5-7-13(8-12)26(23,24)19-11(3)4/h5-8,10-11,19H,9H2,1-4H3,(H2,17,18,20,22). The minimum absolute atomic E-state index is 0.0314. The average Bonchev–Trinajstić information content (AvgIpc) is 2.50. The molecule has 0 unspecified atom stereocenters. The van der Waals surface area contributed by atoms with Crippen LogP contribution >= 0.6 is 0 Å². The van der Waals surface area contributed by atoms with E-state index in [0.29, 0.717) is 0 Å². The van der Waals surface area contributed by atoms with Crippen LogP contribution in [0.15, 0.2) is 29.2 Å². The van der Waals surface area contributed by atoms with Crippen molar-refractivity contribution in [3.63, 3.8) is 0 Å². The molecule has 0 aliphatic rings. The smallest absolute Gasteiger partial charge is 0.338 e. The van der Waals surface area contributed by atoms with Crippen LogP contribution in [0.4, 0.5) is 4.79 Å². The van der Waals surface area contributed by atoms with E-state index in [-0.39, 0.29) is 22.5 Å². The molecular weight excluding hydrogens is 362 g/mol. The Morgan fingerprint density at radius 2 is 1.73 bits per heavy atom. The third-order valence-electron chi connectivity index (χ3n) is 2.78. The van der Waals surface area contributed by atoms with Crippen LogP contribution in [0.5, 0.6) is 0 Å². The number of carbonyl (C=O) groups is 3. The lowest BCUT2D eigenvalue weighted by molar-refractivity contribution is -0.123. The van der Waals surface area contributed by atoms with Crippen molar-refractivity contribution in [3.05, 3.63) is 29.8 Å². The van der Waals surface area contributed by atoms with E-state index in [9.17, 15) is 22.8 Å². The molecule has 3 amide bonds. The van der Waals surface area contributed by atoms with Gasteiger partial charge in [-0.05, 0) is 45.9 Å². The van der Waals surface area contributed by atoms with Crippen LogP contribution in [-0.4, -0.2) is 45.0 Å². The fraction of sp³-hybridized carbons (Fsp3) is 0.438. The number of benzene rings is 1.